The van der Waals surface area contributed by atoms with Crippen LogP contribution in [0.5, 0.6) is 0 Å². The highest BCUT2D eigenvalue weighted by Gasteiger charge is 2.59. The SMILES string of the molecule is CCC12CC3CC(CC(C3)/C1=C1/C3CC4CC(C3)CC1(CC)C4)C2. The number of allylic oxidation sites excluding steroid dienone is 2. The molecule has 0 heterocycles. The highest BCUT2D eigenvalue weighted by atomic mass is 14.6. The lowest BCUT2D eigenvalue weighted by molar-refractivity contribution is -0.0309. The maximum Gasteiger partial charge on any atom is -0.00797 e. The lowest BCUT2D eigenvalue weighted by Crippen LogP contribution is -2.53. The molecular weight excluding hydrogens is 288 g/mol. The van der Waals surface area contributed by atoms with Crippen molar-refractivity contribution in [1.82, 2.24) is 0 Å². The zero-order valence-corrected chi connectivity index (χ0v) is 15.9. The highest BCUT2D eigenvalue weighted by Crippen LogP contribution is 2.71. The fourth-order valence-electron chi connectivity index (χ4n) is 9.92. The van der Waals surface area contributed by atoms with Gasteiger partial charge in [-0.05, 0) is 123 Å². The van der Waals surface area contributed by atoms with E-state index in [-0.39, 0.29) is 0 Å². The van der Waals surface area contributed by atoms with Gasteiger partial charge in [-0.25, -0.2) is 0 Å². The van der Waals surface area contributed by atoms with Crippen molar-refractivity contribution in [3.63, 3.8) is 0 Å². The zero-order valence-electron chi connectivity index (χ0n) is 15.9. The van der Waals surface area contributed by atoms with Crippen LogP contribution in [0.25, 0.3) is 0 Å². The molecule has 0 spiro atoms. The van der Waals surface area contributed by atoms with Crippen molar-refractivity contribution in [3.05, 3.63) is 11.1 Å². The third-order valence-electron chi connectivity index (χ3n) is 10.1. The van der Waals surface area contributed by atoms with Crippen LogP contribution in [0.15, 0.2) is 11.1 Å². The van der Waals surface area contributed by atoms with Crippen molar-refractivity contribution < 1.29 is 0 Å². The summed E-state index contributed by atoms with van der Waals surface area (Å²) < 4.78 is 0. The molecule has 4 atom stereocenters. The van der Waals surface area contributed by atoms with Crippen molar-refractivity contribution in [2.24, 2.45) is 46.3 Å². The molecule has 24 heavy (non-hydrogen) atoms. The molecule has 0 saturated heterocycles. The molecule has 0 N–H and O–H groups in total. The molecule has 0 aromatic carbocycles. The molecule has 8 saturated carbocycles. The standard InChI is InChI=1S/C24H36/c1-3-23-11-15-5-16(12-23)8-19(7-15)21(23)22-20-9-17-6-18(10-20)14-24(22,4-2)13-17/h15-20H,3-14H2,1-2H3/b22-21+. The first-order chi connectivity index (χ1) is 11.6. The smallest absolute Gasteiger partial charge is 0.00797 e. The van der Waals surface area contributed by atoms with Gasteiger partial charge in [-0.15, -0.1) is 0 Å². The molecular formula is C24H36. The Labute approximate surface area is 148 Å². The molecule has 8 bridgehead atoms. The highest BCUT2D eigenvalue weighted by molar-refractivity contribution is 5.39. The zero-order chi connectivity index (χ0) is 16.1. The summed E-state index contributed by atoms with van der Waals surface area (Å²) in [5.41, 5.74) is 5.59. The minimum absolute atomic E-state index is 0.668. The van der Waals surface area contributed by atoms with Crippen LogP contribution in [0, 0.1) is 46.3 Å². The summed E-state index contributed by atoms with van der Waals surface area (Å²) in [7, 11) is 0. The molecule has 0 nitrogen and oxygen atoms in total. The van der Waals surface area contributed by atoms with Gasteiger partial charge in [0.2, 0.25) is 0 Å². The summed E-state index contributed by atoms with van der Waals surface area (Å²) in [6.45, 7) is 5.09. The van der Waals surface area contributed by atoms with E-state index in [1.165, 1.54) is 12.8 Å². The van der Waals surface area contributed by atoms with E-state index in [4.69, 9.17) is 0 Å². The summed E-state index contributed by atoms with van der Waals surface area (Å²) in [5, 5.41) is 0. The molecule has 8 rings (SSSR count). The van der Waals surface area contributed by atoms with Crippen LogP contribution < -0.4 is 0 Å². The summed E-state index contributed by atoms with van der Waals surface area (Å²) in [6, 6.07) is 0. The molecule has 0 radical (unpaired) electrons. The predicted octanol–water partition coefficient (Wildman–Crippen LogP) is 6.76. The first-order valence-electron chi connectivity index (χ1n) is 11.4. The van der Waals surface area contributed by atoms with E-state index in [2.05, 4.69) is 25.0 Å². The molecule has 0 aliphatic heterocycles. The monoisotopic (exact) mass is 324 g/mol. The second kappa shape index (κ2) is 4.72. The van der Waals surface area contributed by atoms with E-state index in [1.807, 2.05) is 0 Å². The molecule has 0 amide bonds. The van der Waals surface area contributed by atoms with Crippen LogP contribution in [0.1, 0.15) is 90.9 Å². The van der Waals surface area contributed by atoms with Crippen LogP contribution in [0.2, 0.25) is 0 Å². The first-order valence-corrected chi connectivity index (χ1v) is 11.4. The first kappa shape index (κ1) is 14.9. The van der Waals surface area contributed by atoms with E-state index < -0.39 is 0 Å². The van der Waals surface area contributed by atoms with Gasteiger partial charge in [-0.1, -0.05) is 25.0 Å². The average molecular weight is 325 g/mol. The van der Waals surface area contributed by atoms with Crippen molar-refractivity contribution >= 4 is 0 Å². The molecule has 4 unspecified atom stereocenters. The fraction of sp³-hybridized carbons (Fsp3) is 0.917. The molecule has 8 aliphatic rings. The second-order valence-corrected chi connectivity index (χ2v) is 11.2. The lowest BCUT2D eigenvalue weighted by atomic mass is 9.40. The van der Waals surface area contributed by atoms with Crippen molar-refractivity contribution in [2.75, 3.05) is 0 Å². The van der Waals surface area contributed by atoms with Gasteiger partial charge in [0, 0.05) is 0 Å². The minimum atomic E-state index is 0.668. The van der Waals surface area contributed by atoms with Crippen molar-refractivity contribution in [3.8, 4) is 0 Å². The summed E-state index contributed by atoms with van der Waals surface area (Å²) >= 11 is 0. The topological polar surface area (TPSA) is 0 Å². The Balaban J connectivity index is 1.55. The Morgan fingerprint density at radius 3 is 1.21 bits per heavy atom. The van der Waals surface area contributed by atoms with E-state index >= 15 is 0 Å². The van der Waals surface area contributed by atoms with Gasteiger partial charge in [0.25, 0.3) is 0 Å². The predicted molar refractivity (Wildman–Crippen MR) is 99.6 cm³/mol. The number of rotatable bonds is 2. The van der Waals surface area contributed by atoms with Crippen molar-refractivity contribution in [2.45, 2.75) is 90.9 Å². The minimum Gasteiger partial charge on any atom is -0.0645 e. The summed E-state index contributed by atoms with van der Waals surface area (Å²) in [6.07, 6.45) is 18.7. The van der Waals surface area contributed by atoms with Crippen LogP contribution in [0.4, 0.5) is 0 Å². The van der Waals surface area contributed by atoms with Crippen LogP contribution in [-0.4, -0.2) is 0 Å². The Morgan fingerprint density at radius 1 is 0.583 bits per heavy atom. The molecule has 8 aliphatic carbocycles. The van der Waals surface area contributed by atoms with Gasteiger partial charge in [-0.2, -0.15) is 0 Å². The third kappa shape index (κ3) is 1.72. The maximum absolute atomic E-state index is 2.54. The quantitative estimate of drug-likeness (QED) is 0.492. The van der Waals surface area contributed by atoms with Gasteiger partial charge >= 0.3 is 0 Å². The summed E-state index contributed by atoms with van der Waals surface area (Å²) in [4.78, 5) is 0. The van der Waals surface area contributed by atoms with E-state index in [1.54, 1.807) is 64.2 Å². The maximum atomic E-state index is 2.54. The average Bonchev–Trinajstić information content (AvgIpc) is 2.55. The molecule has 132 valence electrons. The number of hydrogen-bond donors (Lipinski definition) is 0. The molecule has 8 fully saturated rings. The van der Waals surface area contributed by atoms with Crippen molar-refractivity contribution in [1.29, 1.82) is 0 Å². The van der Waals surface area contributed by atoms with Crippen LogP contribution >= 0.6 is 0 Å². The Morgan fingerprint density at radius 2 is 0.917 bits per heavy atom. The Bertz CT molecular complexity index is 515. The van der Waals surface area contributed by atoms with Gasteiger partial charge in [0.1, 0.15) is 0 Å². The Hall–Kier alpha value is -0.260. The normalized spacial score (nSPS) is 60.2. The molecule has 0 heteroatoms. The third-order valence-corrected chi connectivity index (χ3v) is 10.1. The van der Waals surface area contributed by atoms with Gasteiger partial charge < -0.3 is 0 Å². The van der Waals surface area contributed by atoms with Gasteiger partial charge in [0.15, 0.2) is 0 Å². The van der Waals surface area contributed by atoms with Gasteiger partial charge in [-0.3, -0.25) is 0 Å². The largest absolute Gasteiger partial charge is 0.0645 e. The van der Waals surface area contributed by atoms with Crippen LogP contribution in [0.3, 0.4) is 0 Å². The van der Waals surface area contributed by atoms with E-state index in [0.29, 0.717) is 10.8 Å². The molecule has 0 aromatic rings. The van der Waals surface area contributed by atoms with E-state index in [9.17, 15) is 0 Å². The summed E-state index contributed by atoms with van der Waals surface area (Å²) in [5.74, 6) is 6.43. The second-order valence-electron chi connectivity index (χ2n) is 11.2. The lowest BCUT2D eigenvalue weighted by Gasteiger charge is -2.65. The Kier molecular flexibility index (Phi) is 2.92. The number of hydrogen-bond acceptors (Lipinski definition) is 0. The molecule has 0 aromatic heterocycles. The fourth-order valence-corrected chi connectivity index (χ4v) is 9.92. The van der Waals surface area contributed by atoms with Crippen LogP contribution in [-0.2, 0) is 0 Å². The van der Waals surface area contributed by atoms with E-state index in [0.717, 1.165) is 35.5 Å². The van der Waals surface area contributed by atoms with Gasteiger partial charge in [0.05, 0.1) is 0 Å².